The highest BCUT2D eigenvalue weighted by Gasteiger charge is 2.00. The van der Waals surface area contributed by atoms with Crippen LogP contribution in [-0.2, 0) is 0 Å². The third-order valence-corrected chi connectivity index (χ3v) is 3.01. The van der Waals surface area contributed by atoms with Crippen molar-refractivity contribution < 1.29 is 4.74 Å². The van der Waals surface area contributed by atoms with E-state index in [0.29, 0.717) is 10.9 Å². The quantitative estimate of drug-likeness (QED) is 0.464. The van der Waals surface area contributed by atoms with Crippen molar-refractivity contribution in [3.8, 4) is 5.75 Å². The van der Waals surface area contributed by atoms with Crippen molar-refractivity contribution in [2.45, 2.75) is 51.9 Å². The molecule has 0 saturated carbocycles. The molecule has 0 aliphatic heterocycles. The summed E-state index contributed by atoms with van der Waals surface area (Å²) in [6, 6.07) is 3.70. The van der Waals surface area contributed by atoms with Gasteiger partial charge >= 0.3 is 0 Å². The molecule has 0 fully saturated rings. The molecule has 3 heteroatoms. The van der Waals surface area contributed by atoms with Crippen LogP contribution in [0.1, 0.15) is 51.9 Å². The van der Waals surface area contributed by atoms with E-state index in [-0.39, 0.29) is 0 Å². The van der Waals surface area contributed by atoms with Crippen molar-refractivity contribution in [1.29, 1.82) is 0 Å². The van der Waals surface area contributed by atoms with Gasteiger partial charge in [0, 0.05) is 6.20 Å². The number of hydrogen-bond donors (Lipinski definition) is 0. The molecule has 0 bridgehead atoms. The van der Waals surface area contributed by atoms with E-state index in [0.717, 1.165) is 13.0 Å². The fourth-order valence-electron chi connectivity index (χ4n) is 1.72. The molecule has 2 nitrogen and oxygen atoms in total. The second kappa shape index (κ2) is 9.29. The van der Waals surface area contributed by atoms with Crippen molar-refractivity contribution in [2.75, 3.05) is 6.61 Å². The van der Waals surface area contributed by atoms with Gasteiger partial charge in [-0.1, -0.05) is 57.0 Å². The molecule has 0 atom stereocenters. The normalized spacial score (nSPS) is 10.5. The van der Waals surface area contributed by atoms with Gasteiger partial charge in [-0.05, 0) is 18.6 Å². The van der Waals surface area contributed by atoms with Crippen molar-refractivity contribution in [3.63, 3.8) is 0 Å². The Bertz CT molecular complexity index is 304. The smallest absolute Gasteiger partial charge is 0.171 e. The number of unbranched alkanes of at least 4 members (excludes halogenated alkanes) is 6. The maximum Gasteiger partial charge on any atom is 0.171 e. The SMILES string of the molecule is CCCCCCCCCOc1cccnc1Cl. The monoisotopic (exact) mass is 255 g/mol. The zero-order valence-corrected chi connectivity index (χ0v) is 11.4. The molecule has 17 heavy (non-hydrogen) atoms. The minimum Gasteiger partial charge on any atom is -0.490 e. The first kappa shape index (κ1) is 14.3. The Balaban J connectivity index is 1.99. The first-order chi connectivity index (χ1) is 8.34. The van der Waals surface area contributed by atoms with E-state index in [9.17, 15) is 0 Å². The highest BCUT2D eigenvalue weighted by atomic mass is 35.5. The summed E-state index contributed by atoms with van der Waals surface area (Å²) in [6.07, 6.45) is 10.7. The van der Waals surface area contributed by atoms with Crippen LogP contribution in [0.4, 0.5) is 0 Å². The van der Waals surface area contributed by atoms with Gasteiger partial charge in [0.1, 0.15) is 0 Å². The Kier molecular flexibility index (Phi) is 7.81. The van der Waals surface area contributed by atoms with Crippen LogP contribution >= 0.6 is 11.6 Å². The third kappa shape index (κ3) is 6.52. The molecule has 0 unspecified atom stereocenters. The van der Waals surface area contributed by atoms with Gasteiger partial charge in [0.05, 0.1) is 6.61 Å². The van der Waals surface area contributed by atoms with Gasteiger partial charge in [-0.15, -0.1) is 0 Å². The average molecular weight is 256 g/mol. The second-order valence-corrected chi connectivity index (χ2v) is 4.62. The van der Waals surface area contributed by atoms with Crippen LogP contribution < -0.4 is 4.74 Å². The first-order valence-electron chi connectivity index (χ1n) is 6.58. The van der Waals surface area contributed by atoms with E-state index >= 15 is 0 Å². The van der Waals surface area contributed by atoms with Crippen LogP contribution in [0.15, 0.2) is 18.3 Å². The summed E-state index contributed by atoms with van der Waals surface area (Å²) in [5.74, 6) is 0.695. The molecule has 0 amide bonds. The van der Waals surface area contributed by atoms with E-state index in [4.69, 9.17) is 16.3 Å². The number of nitrogens with zero attached hydrogens (tertiary/aromatic N) is 1. The van der Waals surface area contributed by atoms with Gasteiger partial charge < -0.3 is 4.74 Å². The Morgan fingerprint density at radius 3 is 2.53 bits per heavy atom. The van der Waals surface area contributed by atoms with Crippen molar-refractivity contribution >= 4 is 11.6 Å². The van der Waals surface area contributed by atoms with Crippen LogP contribution in [-0.4, -0.2) is 11.6 Å². The fourth-order valence-corrected chi connectivity index (χ4v) is 1.89. The molecule has 1 aromatic heterocycles. The lowest BCUT2D eigenvalue weighted by Crippen LogP contribution is -1.98. The predicted octanol–water partition coefficient (Wildman–Crippen LogP) is 4.86. The average Bonchev–Trinajstić information content (AvgIpc) is 2.35. The second-order valence-electron chi connectivity index (χ2n) is 4.26. The molecule has 96 valence electrons. The summed E-state index contributed by atoms with van der Waals surface area (Å²) < 4.78 is 5.57. The number of aromatic nitrogens is 1. The lowest BCUT2D eigenvalue weighted by Gasteiger charge is -2.06. The number of halogens is 1. The summed E-state index contributed by atoms with van der Waals surface area (Å²) >= 11 is 5.89. The molecule has 0 radical (unpaired) electrons. The van der Waals surface area contributed by atoms with Crippen molar-refractivity contribution in [1.82, 2.24) is 4.98 Å². The number of hydrogen-bond acceptors (Lipinski definition) is 2. The van der Waals surface area contributed by atoms with Gasteiger partial charge in [0.2, 0.25) is 0 Å². The fraction of sp³-hybridized carbons (Fsp3) is 0.643. The highest BCUT2D eigenvalue weighted by Crippen LogP contribution is 2.20. The van der Waals surface area contributed by atoms with E-state index in [1.54, 1.807) is 6.20 Å². The van der Waals surface area contributed by atoms with Crippen LogP contribution in [0.25, 0.3) is 0 Å². The van der Waals surface area contributed by atoms with Crippen LogP contribution in [0.2, 0.25) is 5.15 Å². The summed E-state index contributed by atoms with van der Waals surface area (Å²) in [4.78, 5) is 3.97. The summed E-state index contributed by atoms with van der Waals surface area (Å²) in [5.41, 5.74) is 0. The highest BCUT2D eigenvalue weighted by molar-refractivity contribution is 6.30. The van der Waals surface area contributed by atoms with Gasteiger partial charge in [0.25, 0.3) is 0 Å². The molecule has 1 heterocycles. The van der Waals surface area contributed by atoms with E-state index < -0.39 is 0 Å². The molecule has 0 spiro atoms. The standard InChI is InChI=1S/C14H22ClNO/c1-2-3-4-5-6-7-8-12-17-13-10-9-11-16-14(13)15/h9-11H,2-8,12H2,1H3. The number of pyridine rings is 1. The molecule has 0 aliphatic rings. The molecular formula is C14H22ClNO. The van der Waals surface area contributed by atoms with Crippen LogP contribution in [0.3, 0.4) is 0 Å². The molecule has 0 N–H and O–H groups in total. The lowest BCUT2D eigenvalue weighted by atomic mass is 10.1. The van der Waals surface area contributed by atoms with Crippen LogP contribution in [0.5, 0.6) is 5.75 Å². The van der Waals surface area contributed by atoms with E-state index in [2.05, 4.69) is 11.9 Å². The largest absolute Gasteiger partial charge is 0.490 e. The number of rotatable bonds is 9. The minimum atomic E-state index is 0.454. The Hall–Kier alpha value is -0.760. The van der Waals surface area contributed by atoms with Gasteiger partial charge in [-0.25, -0.2) is 4.98 Å². The molecule has 0 saturated heterocycles. The van der Waals surface area contributed by atoms with Crippen LogP contribution in [0, 0.1) is 0 Å². The molecular weight excluding hydrogens is 234 g/mol. The van der Waals surface area contributed by atoms with Gasteiger partial charge in [0.15, 0.2) is 10.9 Å². The van der Waals surface area contributed by atoms with Crippen molar-refractivity contribution in [3.05, 3.63) is 23.5 Å². The Morgan fingerprint density at radius 2 is 1.82 bits per heavy atom. The first-order valence-corrected chi connectivity index (χ1v) is 6.95. The van der Waals surface area contributed by atoms with Gasteiger partial charge in [-0.2, -0.15) is 0 Å². The molecule has 0 aliphatic carbocycles. The molecule has 1 rings (SSSR count). The Labute approximate surface area is 109 Å². The van der Waals surface area contributed by atoms with E-state index in [1.165, 1.54) is 38.5 Å². The predicted molar refractivity (Wildman–Crippen MR) is 72.7 cm³/mol. The maximum atomic E-state index is 5.89. The summed E-state index contributed by atoms with van der Waals surface area (Å²) in [6.45, 7) is 2.98. The summed E-state index contributed by atoms with van der Waals surface area (Å²) in [5, 5.41) is 0.454. The third-order valence-electron chi connectivity index (χ3n) is 2.73. The zero-order chi connectivity index (χ0) is 12.3. The Morgan fingerprint density at radius 1 is 1.12 bits per heavy atom. The summed E-state index contributed by atoms with van der Waals surface area (Å²) in [7, 11) is 0. The maximum absolute atomic E-state index is 5.89. The molecule has 1 aromatic rings. The minimum absolute atomic E-state index is 0.454. The number of ether oxygens (including phenoxy) is 1. The van der Waals surface area contributed by atoms with Crippen molar-refractivity contribution in [2.24, 2.45) is 0 Å². The lowest BCUT2D eigenvalue weighted by molar-refractivity contribution is 0.303. The topological polar surface area (TPSA) is 22.1 Å². The van der Waals surface area contributed by atoms with Gasteiger partial charge in [-0.3, -0.25) is 0 Å². The molecule has 0 aromatic carbocycles. The van der Waals surface area contributed by atoms with E-state index in [1.807, 2.05) is 12.1 Å². The zero-order valence-electron chi connectivity index (χ0n) is 10.6.